The molecular weight excluding hydrogens is 326 g/mol. The van der Waals surface area contributed by atoms with Gasteiger partial charge in [0.2, 0.25) is 0 Å². The van der Waals surface area contributed by atoms with E-state index in [9.17, 15) is 4.79 Å². The van der Waals surface area contributed by atoms with E-state index in [4.69, 9.17) is 16.3 Å². The molecule has 1 amide bonds. The maximum absolute atomic E-state index is 11.8. The first-order valence-corrected chi connectivity index (χ1v) is 8.82. The fraction of sp³-hybridized carbons (Fsp3) is 0.611. The van der Waals surface area contributed by atoms with Crippen molar-refractivity contribution in [3.05, 3.63) is 29.3 Å². The highest BCUT2D eigenvalue weighted by molar-refractivity contribution is 6.30. The molecule has 1 heterocycles. The van der Waals surface area contributed by atoms with Crippen molar-refractivity contribution >= 4 is 23.4 Å². The number of benzene rings is 1. The first kappa shape index (κ1) is 19.0. The number of carbonyl (C=O) groups excluding carboxylic acids is 1. The highest BCUT2D eigenvalue weighted by Crippen LogP contribution is 2.20. The number of ether oxygens (including phenoxy) is 1. The molecule has 1 aliphatic heterocycles. The first-order valence-electron chi connectivity index (χ1n) is 8.44. The minimum absolute atomic E-state index is 0.195. The number of hydrogen-bond donors (Lipinski definition) is 1. The van der Waals surface area contributed by atoms with E-state index in [1.54, 1.807) is 24.3 Å². The van der Waals surface area contributed by atoms with Gasteiger partial charge in [-0.2, -0.15) is 0 Å². The molecule has 2 rings (SSSR count). The summed E-state index contributed by atoms with van der Waals surface area (Å²) in [6.07, 6.45) is -0.432. The molecule has 5 nitrogen and oxygen atoms in total. The summed E-state index contributed by atoms with van der Waals surface area (Å²) in [6, 6.07) is 7.45. The lowest BCUT2D eigenvalue weighted by atomic mass is 10.0. The summed E-state index contributed by atoms with van der Waals surface area (Å²) in [4.78, 5) is 16.7. The van der Waals surface area contributed by atoms with Crippen LogP contribution in [0.4, 0.5) is 10.5 Å². The molecule has 0 aromatic heterocycles. The second kappa shape index (κ2) is 8.19. The molecule has 0 unspecified atom stereocenters. The molecule has 24 heavy (non-hydrogen) atoms. The fourth-order valence-corrected chi connectivity index (χ4v) is 3.31. The van der Waals surface area contributed by atoms with Crippen molar-refractivity contribution in [1.82, 2.24) is 9.80 Å². The van der Waals surface area contributed by atoms with Crippen LogP contribution in [0.15, 0.2) is 24.3 Å². The molecule has 1 fully saturated rings. The molecule has 0 saturated carbocycles. The molecule has 1 saturated heterocycles. The molecule has 1 aromatic carbocycles. The van der Waals surface area contributed by atoms with Gasteiger partial charge in [-0.05, 0) is 52.0 Å². The largest absolute Gasteiger partial charge is 0.448 e. The van der Waals surface area contributed by atoms with Gasteiger partial charge in [0.05, 0.1) is 0 Å². The molecule has 0 aliphatic carbocycles. The number of rotatable bonds is 4. The summed E-state index contributed by atoms with van der Waals surface area (Å²) in [5.41, 5.74) is 0.873. The van der Waals surface area contributed by atoms with Crippen LogP contribution in [0, 0.1) is 0 Å². The number of piperazine rings is 1. The van der Waals surface area contributed by atoms with E-state index in [1.165, 1.54) is 0 Å². The van der Waals surface area contributed by atoms with Crippen LogP contribution in [0.25, 0.3) is 0 Å². The van der Waals surface area contributed by atoms with Gasteiger partial charge in [-0.1, -0.05) is 11.6 Å². The summed E-state index contributed by atoms with van der Waals surface area (Å²) >= 11 is 5.82. The van der Waals surface area contributed by atoms with E-state index in [0.717, 1.165) is 26.2 Å². The van der Waals surface area contributed by atoms with E-state index in [0.29, 0.717) is 23.4 Å². The molecular formula is C18H28ClN3O2. The number of nitrogens with zero attached hydrogens (tertiary/aromatic N) is 2. The van der Waals surface area contributed by atoms with Crippen LogP contribution in [0.1, 0.15) is 27.7 Å². The third-order valence-electron chi connectivity index (χ3n) is 4.30. The van der Waals surface area contributed by atoms with Gasteiger partial charge in [0.15, 0.2) is 0 Å². The van der Waals surface area contributed by atoms with Crippen molar-refractivity contribution in [3.8, 4) is 0 Å². The number of nitrogens with one attached hydrogen (secondary N) is 1. The lowest BCUT2D eigenvalue weighted by molar-refractivity contribution is 0.0121. The predicted molar refractivity (Wildman–Crippen MR) is 98.8 cm³/mol. The molecule has 6 heteroatoms. The van der Waals surface area contributed by atoms with Crippen molar-refractivity contribution in [2.75, 3.05) is 38.1 Å². The van der Waals surface area contributed by atoms with Crippen molar-refractivity contribution in [2.24, 2.45) is 0 Å². The number of carbonyl (C=O) groups is 1. The quantitative estimate of drug-likeness (QED) is 0.896. The zero-order valence-electron chi connectivity index (χ0n) is 15.0. The van der Waals surface area contributed by atoms with Crippen LogP contribution < -0.4 is 5.32 Å². The molecule has 134 valence electrons. The maximum atomic E-state index is 11.8. The van der Waals surface area contributed by atoms with Gasteiger partial charge in [-0.25, -0.2) is 4.79 Å². The van der Waals surface area contributed by atoms with Gasteiger partial charge in [-0.15, -0.1) is 0 Å². The normalized spacial score (nSPS) is 20.0. The second-order valence-electron chi connectivity index (χ2n) is 7.28. The van der Waals surface area contributed by atoms with Crippen LogP contribution in [-0.4, -0.2) is 60.3 Å². The Hall–Kier alpha value is -1.30. The van der Waals surface area contributed by atoms with Crippen molar-refractivity contribution in [1.29, 1.82) is 0 Å². The molecule has 1 atom stereocenters. The van der Waals surface area contributed by atoms with Gasteiger partial charge >= 0.3 is 6.09 Å². The van der Waals surface area contributed by atoms with Gasteiger partial charge in [0.1, 0.15) is 6.61 Å². The Morgan fingerprint density at radius 3 is 2.54 bits per heavy atom. The van der Waals surface area contributed by atoms with Crippen molar-refractivity contribution in [2.45, 2.75) is 39.3 Å². The van der Waals surface area contributed by atoms with Gasteiger partial charge < -0.3 is 4.74 Å². The Morgan fingerprint density at radius 1 is 1.29 bits per heavy atom. The Morgan fingerprint density at radius 2 is 1.96 bits per heavy atom. The van der Waals surface area contributed by atoms with Gasteiger partial charge in [-0.3, -0.25) is 15.1 Å². The third-order valence-corrected chi connectivity index (χ3v) is 4.56. The predicted octanol–water partition coefficient (Wildman–Crippen LogP) is 3.69. The smallest absolute Gasteiger partial charge is 0.411 e. The highest BCUT2D eigenvalue weighted by atomic mass is 35.5. The maximum Gasteiger partial charge on any atom is 0.411 e. The summed E-state index contributed by atoms with van der Waals surface area (Å²) in [7, 11) is 0. The van der Waals surface area contributed by atoms with Crippen LogP contribution in [0.3, 0.4) is 0 Å². The number of anilines is 1. The molecule has 0 spiro atoms. The molecule has 0 bridgehead atoms. The minimum atomic E-state index is -0.432. The van der Waals surface area contributed by atoms with Crippen molar-refractivity contribution in [3.63, 3.8) is 0 Å². The van der Waals surface area contributed by atoms with E-state index in [2.05, 4.69) is 42.8 Å². The Labute approximate surface area is 149 Å². The Kier molecular flexibility index (Phi) is 6.49. The molecule has 1 aliphatic rings. The minimum Gasteiger partial charge on any atom is -0.448 e. The SMILES string of the molecule is C[C@H]1CN(CCOC(=O)Nc2ccc(Cl)cc2)CCN1C(C)(C)C. The summed E-state index contributed by atoms with van der Waals surface area (Å²) in [5, 5.41) is 3.33. The van der Waals surface area contributed by atoms with Gasteiger partial charge in [0, 0.05) is 48.5 Å². The van der Waals surface area contributed by atoms with E-state index in [-0.39, 0.29) is 5.54 Å². The topological polar surface area (TPSA) is 44.8 Å². The fourth-order valence-electron chi connectivity index (χ4n) is 3.19. The average Bonchev–Trinajstić information content (AvgIpc) is 2.48. The Balaban J connectivity index is 1.69. The Bertz CT molecular complexity index is 542. The van der Waals surface area contributed by atoms with Crippen LogP contribution in [0.5, 0.6) is 0 Å². The number of hydrogen-bond acceptors (Lipinski definition) is 4. The zero-order valence-corrected chi connectivity index (χ0v) is 15.8. The summed E-state index contributed by atoms with van der Waals surface area (Å²) in [6.45, 7) is 13.2. The summed E-state index contributed by atoms with van der Waals surface area (Å²) < 4.78 is 5.27. The van der Waals surface area contributed by atoms with Crippen molar-refractivity contribution < 1.29 is 9.53 Å². The molecule has 1 aromatic rings. The third kappa shape index (κ3) is 5.65. The highest BCUT2D eigenvalue weighted by Gasteiger charge is 2.31. The number of amides is 1. The first-order chi connectivity index (χ1) is 11.3. The van der Waals surface area contributed by atoms with Crippen LogP contribution in [-0.2, 0) is 4.74 Å². The number of halogens is 1. The van der Waals surface area contributed by atoms with Crippen LogP contribution in [0.2, 0.25) is 5.02 Å². The average molecular weight is 354 g/mol. The van der Waals surface area contributed by atoms with E-state index < -0.39 is 6.09 Å². The molecule has 0 radical (unpaired) electrons. The van der Waals surface area contributed by atoms with Crippen LogP contribution >= 0.6 is 11.6 Å². The van der Waals surface area contributed by atoms with E-state index in [1.807, 2.05) is 0 Å². The second-order valence-corrected chi connectivity index (χ2v) is 7.72. The lowest BCUT2D eigenvalue weighted by Gasteiger charge is -2.46. The monoisotopic (exact) mass is 353 g/mol. The van der Waals surface area contributed by atoms with E-state index >= 15 is 0 Å². The van der Waals surface area contributed by atoms with Gasteiger partial charge in [0.25, 0.3) is 0 Å². The summed E-state index contributed by atoms with van der Waals surface area (Å²) in [5.74, 6) is 0. The molecule has 1 N–H and O–H groups in total. The lowest BCUT2D eigenvalue weighted by Crippen LogP contribution is -2.58. The zero-order chi connectivity index (χ0) is 17.7. The standard InChI is InChI=1S/C18H28ClN3O2/c1-14-13-21(9-10-22(14)18(2,3)4)11-12-24-17(23)20-16-7-5-15(19)6-8-16/h5-8,14H,9-13H2,1-4H3,(H,20,23)/t14-/m0/s1.